The molecule has 1 amide bonds. The van der Waals surface area contributed by atoms with Crippen LogP contribution in [0.25, 0.3) is 0 Å². The number of ketones is 1. The van der Waals surface area contributed by atoms with Crippen molar-refractivity contribution in [1.29, 1.82) is 0 Å². The molecular weight excluding hydrogens is 631 g/mol. The fourth-order valence-corrected chi connectivity index (χ4v) is 4.84. The van der Waals surface area contributed by atoms with Gasteiger partial charge in [-0.1, -0.05) is 23.7 Å². The number of H-pyrrole nitrogens is 1. The van der Waals surface area contributed by atoms with Crippen LogP contribution in [0.5, 0.6) is 23.0 Å². The number of phenols is 1. The molecule has 1 heterocycles. The molecule has 15 heteroatoms. The van der Waals surface area contributed by atoms with Gasteiger partial charge in [-0.15, -0.1) is 10.2 Å². The van der Waals surface area contributed by atoms with Gasteiger partial charge in [-0.3, -0.25) is 9.59 Å². The highest BCUT2D eigenvalue weighted by molar-refractivity contribution is 6.32. The molecule has 0 atom stereocenters. The van der Waals surface area contributed by atoms with Gasteiger partial charge in [-0.05, 0) is 66.9 Å². The third-order valence-electron chi connectivity index (χ3n) is 6.90. The van der Waals surface area contributed by atoms with E-state index in [9.17, 15) is 27.9 Å². The van der Waals surface area contributed by atoms with Crippen molar-refractivity contribution in [1.82, 2.24) is 20.6 Å². The summed E-state index contributed by atoms with van der Waals surface area (Å²) in [6.07, 6.45) is -5.93. The number of carbonyl (C=O) groups is 2. The molecule has 0 radical (unpaired) electrons. The molecule has 46 heavy (non-hydrogen) atoms. The summed E-state index contributed by atoms with van der Waals surface area (Å²) in [7, 11) is 1.55. The van der Waals surface area contributed by atoms with Crippen LogP contribution >= 0.6 is 11.6 Å². The van der Waals surface area contributed by atoms with Crippen LogP contribution in [0.1, 0.15) is 57.4 Å². The van der Waals surface area contributed by atoms with Crippen molar-refractivity contribution in [2.75, 3.05) is 25.2 Å². The number of aryl methyl sites for hydroxylation is 1. The summed E-state index contributed by atoms with van der Waals surface area (Å²) >= 11 is 6.48. The van der Waals surface area contributed by atoms with E-state index in [4.69, 9.17) is 25.8 Å². The normalized spacial score (nSPS) is 11.3. The molecule has 4 aromatic rings. The van der Waals surface area contributed by atoms with E-state index in [-0.39, 0.29) is 59.7 Å². The maximum absolute atomic E-state index is 13.5. The van der Waals surface area contributed by atoms with Gasteiger partial charge in [0.15, 0.2) is 5.78 Å². The lowest BCUT2D eigenvalue weighted by molar-refractivity contribution is -0.134. The molecule has 0 aliphatic heterocycles. The molecule has 0 saturated carbocycles. The van der Waals surface area contributed by atoms with Gasteiger partial charge < -0.3 is 24.2 Å². The molecule has 0 fully saturated rings. The number of tetrazole rings is 1. The van der Waals surface area contributed by atoms with E-state index < -0.39 is 36.5 Å². The van der Waals surface area contributed by atoms with E-state index >= 15 is 0 Å². The summed E-state index contributed by atoms with van der Waals surface area (Å²) in [6.45, 7) is 3.26. The zero-order valence-electron chi connectivity index (χ0n) is 25.2. The predicted molar refractivity (Wildman–Crippen MR) is 162 cm³/mol. The number of carbonyl (C=O) groups excluding carboxylic acids is 2. The van der Waals surface area contributed by atoms with Crippen molar-refractivity contribution >= 4 is 29.0 Å². The Labute approximate surface area is 267 Å². The molecule has 0 aliphatic carbocycles. The van der Waals surface area contributed by atoms with Crippen LogP contribution in [-0.2, 0) is 13.0 Å². The van der Waals surface area contributed by atoms with Crippen LogP contribution in [0.4, 0.5) is 18.9 Å². The average Bonchev–Trinajstić information content (AvgIpc) is 3.55. The first-order valence-electron chi connectivity index (χ1n) is 14.0. The number of aromatic amines is 1. The predicted octanol–water partition coefficient (Wildman–Crippen LogP) is 6.27. The van der Waals surface area contributed by atoms with Crippen LogP contribution in [0, 0.1) is 6.92 Å². The maximum atomic E-state index is 13.5. The second-order valence-corrected chi connectivity index (χ2v) is 10.6. The second-order valence-electron chi connectivity index (χ2n) is 10.2. The minimum atomic E-state index is -4.46. The number of ether oxygens (including phenoxy) is 3. The molecule has 0 spiro atoms. The monoisotopic (exact) mass is 661 g/mol. The molecule has 0 unspecified atom stereocenters. The number of nitrogens with zero attached hydrogens (tertiary/aromatic N) is 4. The van der Waals surface area contributed by atoms with Crippen LogP contribution in [0.3, 0.4) is 0 Å². The number of alkyl halides is 3. The number of phenolic OH excluding ortho intramolecular Hbond substituents is 1. The van der Waals surface area contributed by atoms with Gasteiger partial charge in [0.25, 0.3) is 11.7 Å². The van der Waals surface area contributed by atoms with Crippen molar-refractivity contribution < 1.29 is 42.1 Å². The Hall–Kier alpha value is -4.85. The lowest BCUT2D eigenvalue weighted by Gasteiger charge is -2.25. The largest absolute Gasteiger partial charge is 0.507 e. The Morgan fingerprint density at radius 3 is 2.35 bits per heavy atom. The van der Waals surface area contributed by atoms with E-state index in [2.05, 4.69) is 20.6 Å². The van der Waals surface area contributed by atoms with Crippen molar-refractivity contribution in [3.05, 3.63) is 81.6 Å². The number of methoxy groups -OCH3 is 1. The topological polar surface area (TPSA) is 140 Å². The number of aromatic hydroxyl groups is 1. The molecule has 244 valence electrons. The van der Waals surface area contributed by atoms with E-state index in [1.165, 1.54) is 24.0 Å². The second kappa shape index (κ2) is 15.0. The zero-order chi connectivity index (χ0) is 33.4. The average molecular weight is 662 g/mol. The number of hydrogen-bond acceptors (Lipinski definition) is 9. The van der Waals surface area contributed by atoms with Gasteiger partial charge in [0.1, 0.15) is 23.0 Å². The highest BCUT2D eigenvalue weighted by Gasteiger charge is 2.29. The van der Waals surface area contributed by atoms with Crippen LogP contribution in [-0.4, -0.2) is 63.9 Å². The molecule has 0 aliphatic rings. The number of anilines is 1. The molecule has 4 rings (SSSR count). The van der Waals surface area contributed by atoms with Gasteiger partial charge in [-0.2, -0.15) is 18.4 Å². The number of halogens is 4. The van der Waals surface area contributed by atoms with Crippen molar-refractivity contribution in [3.8, 4) is 23.0 Å². The molecular formula is C31H31ClF3N5O6. The van der Waals surface area contributed by atoms with Crippen molar-refractivity contribution in [2.24, 2.45) is 0 Å². The summed E-state index contributed by atoms with van der Waals surface area (Å²) in [5, 5.41) is 24.2. The minimum absolute atomic E-state index is 0.0219. The third-order valence-corrected chi connectivity index (χ3v) is 7.20. The van der Waals surface area contributed by atoms with Gasteiger partial charge in [0, 0.05) is 24.5 Å². The third kappa shape index (κ3) is 8.65. The number of benzene rings is 3. The van der Waals surface area contributed by atoms with E-state index in [0.29, 0.717) is 17.0 Å². The number of Topliss-reactive ketones (excluding diaryl/α,β-unsaturated/α-hetero) is 1. The lowest BCUT2D eigenvalue weighted by atomic mass is 10.0. The minimum Gasteiger partial charge on any atom is -0.507 e. The summed E-state index contributed by atoms with van der Waals surface area (Å²) in [5.74, 6) is -0.701. The summed E-state index contributed by atoms with van der Waals surface area (Å²) in [5.41, 5.74) is 1.77. The molecule has 1 aromatic heterocycles. The maximum Gasteiger partial charge on any atom is 0.389 e. The summed E-state index contributed by atoms with van der Waals surface area (Å²) < 4.78 is 55.6. The van der Waals surface area contributed by atoms with E-state index in [0.717, 1.165) is 5.56 Å². The Balaban J connectivity index is 1.48. The standard InChI is InChI=1S/C31H31ClF3N5O6/c1-18-15-24(32)27(16-25(18)40(30(43)29-36-38-39-37-29)17-20-5-7-21(44-3)8-6-20)46-14-4-13-45-26-10-9-22(19(2)41)28(42)23(26)11-12-31(33,34)35/h5-10,15-16,42H,4,11-14,17H2,1-3H3,(H,36,37,38,39). The summed E-state index contributed by atoms with van der Waals surface area (Å²) in [4.78, 5) is 26.7. The highest BCUT2D eigenvalue weighted by Crippen LogP contribution is 2.36. The molecule has 0 bridgehead atoms. The number of rotatable bonds is 14. The fourth-order valence-electron chi connectivity index (χ4n) is 4.57. The fraction of sp³-hybridized carbons (Fsp3) is 0.323. The molecule has 11 nitrogen and oxygen atoms in total. The van der Waals surface area contributed by atoms with Gasteiger partial charge >= 0.3 is 6.18 Å². The van der Waals surface area contributed by atoms with Crippen molar-refractivity contribution in [2.45, 2.75) is 45.8 Å². The quantitative estimate of drug-likeness (QED) is 0.118. The lowest BCUT2D eigenvalue weighted by Crippen LogP contribution is -2.32. The van der Waals surface area contributed by atoms with E-state index in [1.54, 1.807) is 38.3 Å². The number of amides is 1. The Bertz CT molecular complexity index is 1670. The zero-order valence-corrected chi connectivity index (χ0v) is 25.9. The number of nitrogens with one attached hydrogen (secondary N) is 1. The van der Waals surface area contributed by atoms with Gasteiger partial charge in [-0.25, -0.2) is 0 Å². The first-order valence-corrected chi connectivity index (χ1v) is 14.4. The molecule has 0 saturated heterocycles. The first kappa shape index (κ1) is 34.0. The first-order chi connectivity index (χ1) is 21.9. The van der Waals surface area contributed by atoms with Gasteiger partial charge in [0.2, 0.25) is 0 Å². The number of hydrogen-bond donors (Lipinski definition) is 2. The van der Waals surface area contributed by atoms with E-state index in [1.807, 2.05) is 12.1 Å². The van der Waals surface area contributed by atoms with Crippen molar-refractivity contribution in [3.63, 3.8) is 0 Å². The number of aromatic nitrogens is 4. The Morgan fingerprint density at radius 2 is 1.74 bits per heavy atom. The van der Waals surface area contributed by atoms with Crippen LogP contribution in [0.15, 0.2) is 48.5 Å². The van der Waals surface area contributed by atoms with Gasteiger partial charge in [0.05, 0.1) is 43.1 Å². The Morgan fingerprint density at radius 1 is 1.04 bits per heavy atom. The van der Waals surface area contributed by atoms with Crippen LogP contribution < -0.4 is 19.1 Å². The smallest absolute Gasteiger partial charge is 0.389 e. The molecule has 2 N–H and O–H groups in total. The SMILES string of the molecule is COc1ccc(CN(C(=O)c2nn[nH]n2)c2cc(OCCCOc3ccc(C(C)=O)c(O)c3CCC(F)(F)F)c(Cl)cc2C)cc1. The molecule has 3 aromatic carbocycles. The Kier molecular flexibility index (Phi) is 11.1. The van der Waals surface area contributed by atoms with Crippen LogP contribution in [0.2, 0.25) is 5.02 Å². The highest BCUT2D eigenvalue weighted by atomic mass is 35.5. The summed E-state index contributed by atoms with van der Waals surface area (Å²) in [6, 6.07) is 13.1.